The third-order valence-electron chi connectivity index (χ3n) is 4.31. The molecule has 0 bridgehead atoms. The summed E-state index contributed by atoms with van der Waals surface area (Å²) in [5.41, 5.74) is 1.94. The number of hydrogen-bond acceptors (Lipinski definition) is 4. The third kappa shape index (κ3) is 5.42. The van der Waals surface area contributed by atoms with Crippen molar-refractivity contribution in [1.29, 1.82) is 5.26 Å². The highest BCUT2D eigenvalue weighted by atomic mass is 16.3. The van der Waals surface area contributed by atoms with Crippen molar-refractivity contribution in [3.05, 3.63) is 35.4 Å². The van der Waals surface area contributed by atoms with E-state index >= 15 is 0 Å². The van der Waals surface area contributed by atoms with Crippen molar-refractivity contribution in [2.45, 2.75) is 32.4 Å². The number of benzene rings is 1. The van der Waals surface area contributed by atoms with Gasteiger partial charge in [0, 0.05) is 19.6 Å². The average Bonchev–Trinajstić information content (AvgIpc) is 2.49. The maximum absolute atomic E-state index is 9.45. The SMILES string of the molecule is C[C@H](O)CN1CCC(CN(C)Cc2cccc(C#N)c2)CC1. The molecule has 1 atom stereocenters. The lowest BCUT2D eigenvalue weighted by molar-refractivity contribution is 0.0919. The van der Waals surface area contributed by atoms with Crippen LogP contribution in [-0.4, -0.2) is 54.2 Å². The number of likely N-dealkylation sites (tertiary alicyclic amines) is 1. The first-order chi connectivity index (χ1) is 10.6. The highest BCUT2D eigenvalue weighted by Gasteiger charge is 2.21. The molecular weight excluding hydrogens is 274 g/mol. The number of hydrogen-bond donors (Lipinski definition) is 1. The normalized spacial score (nSPS) is 18.3. The fraction of sp³-hybridized carbons (Fsp3) is 0.611. The molecule has 0 saturated carbocycles. The molecule has 1 aromatic rings. The van der Waals surface area contributed by atoms with Crippen LogP contribution in [0.5, 0.6) is 0 Å². The van der Waals surface area contributed by atoms with Gasteiger partial charge in [-0.15, -0.1) is 0 Å². The van der Waals surface area contributed by atoms with E-state index < -0.39 is 0 Å². The zero-order valence-corrected chi connectivity index (χ0v) is 13.7. The lowest BCUT2D eigenvalue weighted by atomic mass is 9.96. The number of aliphatic hydroxyl groups excluding tert-OH is 1. The van der Waals surface area contributed by atoms with Crippen LogP contribution in [0.3, 0.4) is 0 Å². The van der Waals surface area contributed by atoms with Crippen molar-refractivity contribution in [1.82, 2.24) is 9.80 Å². The van der Waals surface area contributed by atoms with Crippen molar-refractivity contribution < 1.29 is 5.11 Å². The quantitative estimate of drug-likeness (QED) is 0.874. The molecule has 2 rings (SSSR count). The predicted octanol–water partition coefficient (Wildman–Crippen LogP) is 2.08. The zero-order valence-electron chi connectivity index (χ0n) is 13.7. The molecule has 120 valence electrons. The average molecular weight is 301 g/mol. The van der Waals surface area contributed by atoms with E-state index in [0.29, 0.717) is 0 Å². The van der Waals surface area contributed by atoms with Crippen LogP contribution in [0, 0.1) is 17.2 Å². The molecule has 0 aromatic heterocycles. The molecule has 4 heteroatoms. The summed E-state index contributed by atoms with van der Waals surface area (Å²) in [4.78, 5) is 4.71. The molecule has 0 unspecified atom stereocenters. The van der Waals surface area contributed by atoms with Crippen molar-refractivity contribution in [2.24, 2.45) is 5.92 Å². The lowest BCUT2D eigenvalue weighted by Crippen LogP contribution is -2.40. The summed E-state index contributed by atoms with van der Waals surface area (Å²) in [7, 11) is 2.15. The molecule has 22 heavy (non-hydrogen) atoms. The Morgan fingerprint density at radius 1 is 1.41 bits per heavy atom. The molecule has 0 radical (unpaired) electrons. The molecule has 1 aliphatic rings. The molecule has 1 fully saturated rings. The predicted molar refractivity (Wildman–Crippen MR) is 88.3 cm³/mol. The second kappa shape index (κ2) is 8.28. The lowest BCUT2D eigenvalue weighted by Gasteiger charge is -2.34. The summed E-state index contributed by atoms with van der Waals surface area (Å²) < 4.78 is 0. The standard InChI is InChI=1S/C18H27N3O/c1-15(22)12-21-8-6-16(7-9-21)13-20(2)14-18-5-3-4-17(10-18)11-19/h3-5,10,15-16,22H,6-9,12-14H2,1-2H3/t15-/m0/s1. The first-order valence-corrected chi connectivity index (χ1v) is 8.15. The van der Waals surface area contributed by atoms with E-state index in [0.717, 1.165) is 44.2 Å². The summed E-state index contributed by atoms with van der Waals surface area (Å²) in [6.45, 7) is 6.82. The summed E-state index contributed by atoms with van der Waals surface area (Å²) in [5, 5.41) is 18.4. The van der Waals surface area contributed by atoms with E-state index in [4.69, 9.17) is 5.26 Å². The van der Waals surface area contributed by atoms with Gasteiger partial charge in [0.25, 0.3) is 0 Å². The molecule has 1 saturated heterocycles. The number of piperidine rings is 1. The number of β-amino-alcohol motifs (C(OH)–C–C–N with tert-alkyl or cyclic N) is 1. The molecule has 0 amide bonds. The maximum atomic E-state index is 9.45. The first-order valence-electron chi connectivity index (χ1n) is 8.15. The first kappa shape index (κ1) is 17.0. The molecule has 1 aliphatic heterocycles. The van der Waals surface area contributed by atoms with Crippen LogP contribution < -0.4 is 0 Å². The van der Waals surface area contributed by atoms with E-state index in [1.54, 1.807) is 0 Å². The topological polar surface area (TPSA) is 50.5 Å². The van der Waals surface area contributed by atoms with Crippen molar-refractivity contribution in [3.8, 4) is 6.07 Å². The van der Waals surface area contributed by atoms with Crippen LogP contribution in [-0.2, 0) is 6.54 Å². The van der Waals surface area contributed by atoms with Gasteiger partial charge >= 0.3 is 0 Å². The van der Waals surface area contributed by atoms with E-state index in [9.17, 15) is 5.11 Å². The van der Waals surface area contributed by atoms with Crippen LogP contribution in [0.2, 0.25) is 0 Å². The molecule has 4 nitrogen and oxygen atoms in total. The van der Waals surface area contributed by atoms with Gasteiger partial charge in [-0.2, -0.15) is 5.26 Å². The van der Waals surface area contributed by atoms with E-state index in [2.05, 4.69) is 29.0 Å². The minimum Gasteiger partial charge on any atom is -0.392 e. The molecular formula is C18H27N3O. The van der Waals surface area contributed by atoms with Crippen LogP contribution in [0.25, 0.3) is 0 Å². The van der Waals surface area contributed by atoms with Gasteiger partial charge in [0.05, 0.1) is 17.7 Å². The molecule has 1 aromatic carbocycles. The summed E-state index contributed by atoms with van der Waals surface area (Å²) >= 11 is 0. The van der Waals surface area contributed by atoms with Crippen LogP contribution in [0.4, 0.5) is 0 Å². The Bertz CT molecular complexity index is 501. The summed E-state index contributed by atoms with van der Waals surface area (Å²) in [6.07, 6.45) is 2.18. The Morgan fingerprint density at radius 2 is 2.14 bits per heavy atom. The highest BCUT2D eigenvalue weighted by molar-refractivity contribution is 5.32. The Balaban J connectivity index is 1.76. The smallest absolute Gasteiger partial charge is 0.0991 e. The third-order valence-corrected chi connectivity index (χ3v) is 4.31. The van der Waals surface area contributed by atoms with Crippen molar-refractivity contribution >= 4 is 0 Å². The summed E-state index contributed by atoms with van der Waals surface area (Å²) in [5.74, 6) is 0.731. The van der Waals surface area contributed by atoms with Crippen LogP contribution in [0.15, 0.2) is 24.3 Å². The van der Waals surface area contributed by atoms with Gasteiger partial charge in [-0.1, -0.05) is 12.1 Å². The Hall–Kier alpha value is -1.41. The zero-order chi connectivity index (χ0) is 15.9. The van der Waals surface area contributed by atoms with Gasteiger partial charge in [-0.05, 0) is 63.5 Å². The van der Waals surface area contributed by atoms with Gasteiger partial charge < -0.3 is 14.9 Å². The number of nitrogens with zero attached hydrogens (tertiary/aromatic N) is 3. The van der Waals surface area contributed by atoms with E-state index in [-0.39, 0.29) is 6.10 Å². The molecule has 1 heterocycles. The van der Waals surface area contributed by atoms with Gasteiger partial charge in [-0.3, -0.25) is 0 Å². The number of nitriles is 1. The second-order valence-electron chi connectivity index (χ2n) is 6.60. The van der Waals surface area contributed by atoms with Crippen LogP contribution >= 0.6 is 0 Å². The fourth-order valence-corrected chi connectivity index (χ4v) is 3.28. The Morgan fingerprint density at radius 3 is 2.77 bits per heavy atom. The molecule has 1 N–H and O–H groups in total. The van der Waals surface area contributed by atoms with Gasteiger partial charge in [-0.25, -0.2) is 0 Å². The monoisotopic (exact) mass is 301 g/mol. The van der Waals surface area contributed by atoms with Gasteiger partial charge in [0.1, 0.15) is 0 Å². The van der Waals surface area contributed by atoms with Crippen molar-refractivity contribution in [3.63, 3.8) is 0 Å². The van der Waals surface area contributed by atoms with Crippen molar-refractivity contribution in [2.75, 3.05) is 33.2 Å². The fourth-order valence-electron chi connectivity index (χ4n) is 3.28. The maximum Gasteiger partial charge on any atom is 0.0991 e. The minimum absolute atomic E-state index is 0.230. The molecule has 0 spiro atoms. The molecule has 0 aliphatic carbocycles. The number of rotatable bonds is 6. The second-order valence-corrected chi connectivity index (χ2v) is 6.60. The Labute approximate surface area is 134 Å². The number of aliphatic hydroxyl groups is 1. The van der Waals surface area contributed by atoms with E-state index in [1.807, 2.05) is 25.1 Å². The highest BCUT2D eigenvalue weighted by Crippen LogP contribution is 2.19. The Kier molecular flexibility index (Phi) is 6.38. The summed E-state index contributed by atoms with van der Waals surface area (Å²) in [6, 6.07) is 10.1. The van der Waals surface area contributed by atoms with Crippen LogP contribution in [0.1, 0.15) is 30.9 Å². The van der Waals surface area contributed by atoms with Gasteiger partial charge in [0.2, 0.25) is 0 Å². The van der Waals surface area contributed by atoms with Gasteiger partial charge in [0.15, 0.2) is 0 Å². The minimum atomic E-state index is -0.230. The van der Waals surface area contributed by atoms with E-state index in [1.165, 1.54) is 18.4 Å². The largest absolute Gasteiger partial charge is 0.392 e.